The van der Waals surface area contributed by atoms with Crippen LogP contribution in [-0.2, 0) is 22.6 Å². The lowest BCUT2D eigenvalue weighted by molar-refractivity contribution is -0.168. The minimum Gasteiger partial charge on any atom is -0.508 e. The molecular weight excluding hydrogens is 522 g/mol. The molecule has 3 heterocycles. The van der Waals surface area contributed by atoms with Gasteiger partial charge < -0.3 is 25.3 Å². The number of aliphatic hydroxyl groups excluding tert-OH is 1. The molecule has 0 bridgehead atoms. The number of rotatable bonds is 8. The van der Waals surface area contributed by atoms with Crippen molar-refractivity contribution in [2.75, 3.05) is 5.88 Å². The van der Waals surface area contributed by atoms with Crippen molar-refractivity contribution in [3.63, 3.8) is 0 Å². The molecule has 1 aromatic heterocycles. The molecule has 0 radical (unpaired) electrons. The highest BCUT2D eigenvalue weighted by molar-refractivity contribution is 8.01. The van der Waals surface area contributed by atoms with Gasteiger partial charge in [0.15, 0.2) is 6.10 Å². The number of nitrogens with one attached hydrogen (secondary N) is 1. The largest absolute Gasteiger partial charge is 0.508 e. The number of phenols is 1. The van der Waals surface area contributed by atoms with Crippen molar-refractivity contribution in [3.05, 3.63) is 87.6 Å². The van der Waals surface area contributed by atoms with Gasteiger partial charge in [0, 0.05) is 16.0 Å². The molecule has 2 fully saturated rings. The third-order valence-corrected chi connectivity index (χ3v) is 9.62. The molecule has 3 N–H and O–H groups in total. The van der Waals surface area contributed by atoms with Crippen molar-refractivity contribution in [3.8, 4) is 5.75 Å². The molecule has 1 unspecified atom stereocenters. The number of benzene rings is 2. The van der Waals surface area contributed by atoms with E-state index in [-0.39, 0.29) is 29.5 Å². The third-order valence-electron chi connectivity index (χ3n) is 7.33. The number of thiophene rings is 1. The molecule has 4 atom stereocenters. The fourth-order valence-electron chi connectivity index (χ4n) is 5.08. The number of phenolic OH excluding ortho intramolecular Hbond substituents is 1. The van der Waals surface area contributed by atoms with Crippen LogP contribution in [0.4, 0.5) is 0 Å². The molecule has 3 amide bonds. The van der Waals surface area contributed by atoms with E-state index in [9.17, 15) is 24.6 Å². The number of amides is 3. The zero-order valence-electron chi connectivity index (χ0n) is 21.0. The van der Waals surface area contributed by atoms with Crippen molar-refractivity contribution in [2.24, 2.45) is 0 Å². The average Bonchev–Trinajstić information content (AvgIpc) is 3.54. The van der Waals surface area contributed by atoms with Gasteiger partial charge >= 0.3 is 0 Å². The molecule has 10 heteroatoms. The number of β-lactam (4-membered cyclic amide) rings is 1. The smallest absolute Gasteiger partial charge is 0.255 e. The van der Waals surface area contributed by atoms with Gasteiger partial charge in [-0.2, -0.15) is 0 Å². The maximum Gasteiger partial charge on any atom is 0.255 e. The maximum atomic E-state index is 13.6. The summed E-state index contributed by atoms with van der Waals surface area (Å²) in [6, 6.07) is 16.2. The molecule has 0 saturated carbocycles. The van der Waals surface area contributed by atoms with E-state index in [2.05, 4.69) is 5.32 Å². The molecule has 198 valence electrons. The number of carbonyl (C=O) groups is 3. The lowest BCUT2D eigenvalue weighted by Crippen LogP contribution is -2.73. The number of carbonyl (C=O) groups excluding carboxylic acids is 3. The second-order valence-electron chi connectivity index (χ2n) is 9.71. The average molecular weight is 552 g/mol. The van der Waals surface area contributed by atoms with E-state index in [0.717, 1.165) is 10.4 Å². The first-order valence-electron chi connectivity index (χ1n) is 12.3. The summed E-state index contributed by atoms with van der Waals surface area (Å²) in [7, 11) is 0. The maximum absolute atomic E-state index is 13.6. The van der Waals surface area contributed by atoms with Gasteiger partial charge in [-0.3, -0.25) is 14.4 Å². The lowest BCUT2D eigenvalue weighted by atomic mass is 9.92. The van der Waals surface area contributed by atoms with Crippen LogP contribution < -0.4 is 5.32 Å². The molecule has 3 aromatic rings. The van der Waals surface area contributed by atoms with Crippen LogP contribution in [0.15, 0.2) is 66.0 Å². The van der Waals surface area contributed by atoms with Crippen LogP contribution in [0.5, 0.6) is 5.75 Å². The number of aliphatic hydroxyl groups is 1. The molecular formula is C28H29N3O5S2. The molecule has 0 spiro atoms. The molecule has 0 aliphatic carbocycles. The van der Waals surface area contributed by atoms with Gasteiger partial charge in [-0.1, -0.05) is 42.5 Å². The summed E-state index contributed by atoms with van der Waals surface area (Å²) in [6.07, 6.45) is -1.36. The monoisotopic (exact) mass is 551 g/mol. The van der Waals surface area contributed by atoms with Crippen LogP contribution in [-0.4, -0.2) is 66.7 Å². The molecule has 2 saturated heterocycles. The van der Waals surface area contributed by atoms with E-state index < -0.39 is 34.9 Å². The third kappa shape index (κ3) is 4.68. The minimum absolute atomic E-state index is 0.0159. The van der Waals surface area contributed by atoms with Crippen LogP contribution in [0.2, 0.25) is 0 Å². The van der Waals surface area contributed by atoms with Crippen molar-refractivity contribution >= 4 is 40.8 Å². The van der Waals surface area contributed by atoms with Gasteiger partial charge in [0.2, 0.25) is 5.91 Å². The molecule has 5 rings (SSSR count). The SMILES string of the molecule is Cc1c(O)cccc1C(=O)N[C@@H](Cc1ccccc1)[C@H](O)C(=O)N1CSC2(C)[C@H]1C(=O)N2Cc1cccs1. The van der Waals surface area contributed by atoms with Crippen molar-refractivity contribution in [1.29, 1.82) is 0 Å². The summed E-state index contributed by atoms with van der Waals surface area (Å²) in [5.74, 6) is -0.997. The van der Waals surface area contributed by atoms with Gasteiger partial charge in [-0.05, 0) is 49.4 Å². The Kier molecular flexibility index (Phi) is 7.21. The van der Waals surface area contributed by atoms with Crippen LogP contribution in [0.1, 0.15) is 33.3 Å². The molecule has 2 aromatic carbocycles. The number of hydrogen-bond donors (Lipinski definition) is 3. The topological polar surface area (TPSA) is 110 Å². The summed E-state index contributed by atoms with van der Waals surface area (Å²) >= 11 is 3.08. The lowest BCUT2D eigenvalue weighted by Gasteiger charge is -2.52. The predicted octanol–water partition coefficient (Wildman–Crippen LogP) is 3.12. The second kappa shape index (κ2) is 10.4. The zero-order valence-corrected chi connectivity index (χ0v) is 22.7. The van der Waals surface area contributed by atoms with Crippen molar-refractivity contribution < 1.29 is 24.6 Å². The normalized spacial score (nSPS) is 22.0. The first kappa shape index (κ1) is 26.3. The summed E-state index contributed by atoms with van der Waals surface area (Å²) in [5, 5.41) is 26.1. The number of hydrogen-bond acceptors (Lipinski definition) is 7. The highest BCUT2D eigenvalue weighted by Gasteiger charge is 2.65. The fraction of sp³-hybridized carbons (Fsp3) is 0.321. The van der Waals surface area contributed by atoms with Crippen LogP contribution in [0.3, 0.4) is 0 Å². The summed E-state index contributed by atoms with van der Waals surface area (Å²) in [6.45, 7) is 4.06. The second-order valence-corrected chi connectivity index (χ2v) is 12.1. The van der Waals surface area contributed by atoms with E-state index in [0.29, 0.717) is 12.1 Å². The summed E-state index contributed by atoms with van der Waals surface area (Å²) in [4.78, 5) is 43.6. The first-order chi connectivity index (χ1) is 18.2. The number of fused-ring (bicyclic) bond motifs is 1. The van der Waals surface area contributed by atoms with Gasteiger partial charge in [-0.25, -0.2) is 0 Å². The fourth-order valence-corrected chi connectivity index (χ4v) is 7.15. The van der Waals surface area contributed by atoms with Gasteiger partial charge in [-0.15, -0.1) is 23.1 Å². The standard InChI is InChI=1S/C28H29N3O5S2/c1-17-20(11-6-12-22(17)32)25(34)29-21(14-18-8-4-3-5-9-18)23(33)26(35)30-16-38-28(2)24(30)27(36)31(28)15-19-10-7-13-37-19/h3-13,21,23-24,32-33H,14-16H2,1-2H3,(H,29,34)/t21-,23-,24+,28?/m0/s1. The quantitative estimate of drug-likeness (QED) is 0.371. The summed E-state index contributed by atoms with van der Waals surface area (Å²) < 4.78 is 0. The Morgan fingerprint density at radius 2 is 1.89 bits per heavy atom. The first-order valence-corrected chi connectivity index (χ1v) is 14.2. The predicted molar refractivity (Wildman–Crippen MR) is 147 cm³/mol. The molecule has 2 aliphatic rings. The van der Waals surface area contributed by atoms with E-state index in [4.69, 9.17) is 0 Å². The molecule has 8 nitrogen and oxygen atoms in total. The van der Waals surface area contributed by atoms with Crippen LogP contribution in [0, 0.1) is 6.92 Å². The van der Waals surface area contributed by atoms with E-state index >= 15 is 0 Å². The Bertz CT molecular complexity index is 1350. The molecule has 2 aliphatic heterocycles. The summed E-state index contributed by atoms with van der Waals surface area (Å²) in [5.41, 5.74) is 1.49. The minimum atomic E-state index is -1.57. The number of nitrogens with zero attached hydrogens (tertiary/aromatic N) is 2. The Morgan fingerprint density at radius 3 is 2.61 bits per heavy atom. The zero-order chi connectivity index (χ0) is 27.0. The van der Waals surface area contributed by atoms with E-state index in [1.165, 1.54) is 22.7 Å². The highest BCUT2D eigenvalue weighted by atomic mass is 32.2. The Morgan fingerprint density at radius 1 is 1.13 bits per heavy atom. The van der Waals surface area contributed by atoms with Gasteiger partial charge in [0.05, 0.1) is 18.5 Å². The van der Waals surface area contributed by atoms with E-state index in [1.54, 1.807) is 35.3 Å². The Labute approximate surface area is 229 Å². The molecule has 38 heavy (non-hydrogen) atoms. The van der Waals surface area contributed by atoms with Crippen molar-refractivity contribution in [2.45, 2.75) is 49.9 Å². The Hall–Kier alpha value is -3.34. The number of likely N-dealkylation sites (tertiary alicyclic amines) is 1. The number of thioether (sulfide) groups is 1. The highest BCUT2D eigenvalue weighted by Crippen LogP contribution is 2.51. The number of aromatic hydroxyl groups is 1. The van der Waals surface area contributed by atoms with Crippen molar-refractivity contribution in [1.82, 2.24) is 15.1 Å². The van der Waals surface area contributed by atoms with Crippen LogP contribution in [0.25, 0.3) is 0 Å². The van der Waals surface area contributed by atoms with Crippen LogP contribution >= 0.6 is 23.1 Å². The van der Waals surface area contributed by atoms with Gasteiger partial charge in [0.1, 0.15) is 16.7 Å². The Balaban J connectivity index is 1.35. The van der Waals surface area contributed by atoms with E-state index in [1.807, 2.05) is 54.8 Å². The van der Waals surface area contributed by atoms with Gasteiger partial charge in [0.25, 0.3) is 11.8 Å².